The van der Waals surface area contributed by atoms with E-state index in [0.717, 1.165) is 42.6 Å². The highest BCUT2D eigenvalue weighted by molar-refractivity contribution is 5.94. The molecule has 1 aromatic carbocycles. The summed E-state index contributed by atoms with van der Waals surface area (Å²) in [6, 6.07) is 6.01. The molecule has 0 N–H and O–H groups in total. The molecule has 22 heavy (non-hydrogen) atoms. The molecule has 0 bridgehead atoms. The lowest BCUT2D eigenvalue weighted by atomic mass is 10.1. The first-order valence-corrected chi connectivity index (χ1v) is 7.55. The van der Waals surface area contributed by atoms with Crippen LogP contribution < -0.4 is 14.4 Å². The van der Waals surface area contributed by atoms with Gasteiger partial charge in [-0.25, -0.2) is 0 Å². The maximum atomic E-state index is 5.45. The fourth-order valence-electron chi connectivity index (χ4n) is 3.07. The topological polar surface area (TPSA) is 43.8 Å². The molecule has 3 rings (SSSR count). The smallest absolute Gasteiger partial charge is 0.162 e. The van der Waals surface area contributed by atoms with Gasteiger partial charge in [-0.3, -0.25) is 4.98 Å². The molecule has 1 fully saturated rings. The van der Waals surface area contributed by atoms with Crippen molar-refractivity contribution in [1.82, 2.24) is 4.98 Å². The average Bonchev–Trinajstić information content (AvgIpc) is 2.60. The van der Waals surface area contributed by atoms with Gasteiger partial charge in [-0.1, -0.05) is 0 Å². The van der Waals surface area contributed by atoms with Crippen LogP contribution in [0.2, 0.25) is 0 Å². The van der Waals surface area contributed by atoms with E-state index < -0.39 is 0 Å². The normalized spacial score (nSPS) is 16.0. The van der Waals surface area contributed by atoms with Gasteiger partial charge in [0.25, 0.3) is 0 Å². The minimum absolute atomic E-state index is 0.374. The highest BCUT2D eigenvalue weighted by Crippen LogP contribution is 2.36. The predicted molar refractivity (Wildman–Crippen MR) is 87.1 cm³/mol. The average molecular weight is 302 g/mol. The number of piperidine rings is 1. The molecule has 118 valence electrons. The summed E-state index contributed by atoms with van der Waals surface area (Å²) in [5.41, 5.74) is 2.12. The molecule has 1 aromatic heterocycles. The van der Waals surface area contributed by atoms with Gasteiger partial charge in [0.1, 0.15) is 0 Å². The van der Waals surface area contributed by atoms with Crippen molar-refractivity contribution in [3.63, 3.8) is 0 Å². The number of ether oxygens (including phenoxy) is 3. The van der Waals surface area contributed by atoms with E-state index in [1.165, 1.54) is 5.69 Å². The standard InChI is InChI=1S/C17H22N2O3/c1-20-12-5-8-19(9-6-12)15-4-7-18-14-11-17(22-3)16(21-2)10-13(14)15/h4,7,10-12H,5-6,8-9H2,1-3H3. The van der Waals surface area contributed by atoms with Gasteiger partial charge >= 0.3 is 0 Å². The first-order chi connectivity index (χ1) is 10.8. The van der Waals surface area contributed by atoms with E-state index >= 15 is 0 Å². The van der Waals surface area contributed by atoms with Gasteiger partial charge in [0, 0.05) is 43.5 Å². The Morgan fingerprint density at radius 3 is 2.36 bits per heavy atom. The van der Waals surface area contributed by atoms with Gasteiger partial charge in [0.15, 0.2) is 11.5 Å². The Hall–Kier alpha value is -2.01. The molecule has 0 amide bonds. The van der Waals surface area contributed by atoms with Crippen molar-refractivity contribution in [2.75, 3.05) is 39.3 Å². The first kappa shape index (κ1) is 14.9. The minimum atomic E-state index is 0.374. The van der Waals surface area contributed by atoms with Crippen molar-refractivity contribution in [2.45, 2.75) is 18.9 Å². The molecule has 2 aromatic rings. The minimum Gasteiger partial charge on any atom is -0.493 e. The first-order valence-electron chi connectivity index (χ1n) is 7.55. The van der Waals surface area contributed by atoms with Crippen LogP contribution in [0.1, 0.15) is 12.8 Å². The largest absolute Gasteiger partial charge is 0.493 e. The van der Waals surface area contributed by atoms with Crippen molar-refractivity contribution in [2.24, 2.45) is 0 Å². The maximum Gasteiger partial charge on any atom is 0.162 e. The molecule has 0 atom stereocenters. The predicted octanol–water partition coefficient (Wildman–Crippen LogP) is 2.87. The molecular weight excluding hydrogens is 280 g/mol. The number of aromatic nitrogens is 1. The van der Waals surface area contributed by atoms with Crippen molar-refractivity contribution >= 4 is 16.6 Å². The second-order valence-electron chi connectivity index (χ2n) is 5.48. The Balaban J connectivity index is 1.99. The maximum absolute atomic E-state index is 5.45. The zero-order valence-corrected chi connectivity index (χ0v) is 13.3. The number of benzene rings is 1. The van der Waals surface area contributed by atoms with Gasteiger partial charge in [0.05, 0.1) is 25.8 Å². The molecule has 1 saturated heterocycles. The SMILES string of the molecule is COc1cc2nccc(N3CCC(OC)CC3)c2cc1OC. The third-order valence-electron chi connectivity index (χ3n) is 4.34. The molecule has 0 radical (unpaired) electrons. The highest BCUT2D eigenvalue weighted by Gasteiger charge is 2.21. The van der Waals surface area contributed by atoms with E-state index in [1.807, 2.05) is 18.3 Å². The fourth-order valence-corrected chi connectivity index (χ4v) is 3.07. The summed E-state index contributed by atoms with van der Waals surface area (Å²) in [6.45, 7) is 1.98. The Kier molecular flexibility index (Phi) is 4.34. The summed E-state index contributed by atoms with van der Waals surface area (Å²) >= 11 is 0. The highest BCUT2D eigenvalue weighted by atomic mass is 16.5. The number of methoxy groups -OCH3 is 3. The number of hydrogen-bond donors (Lipinski definition) is 0. The number of rotatable bonds is 4. The van der Waals surface area contributed by atoms with Crippen molar-refractivity contribution in [3.8, 4) is 11.5 Å². The third-order valence-corrected chi connectivity index (χ3v) is 4.34. The monoisotopic (exact) mass is 302 g/mol. The zero-order valence-electron chi connectivity index (χ0n) is 13.3. The van der Waals surface area contributed by atoms with E-state index in [4.69, 9.17) is 14.2 Å². The van der Waals surface area contributed by atoms with Crippen LogP contribution in [0.25, 0.3) is 10.9 Å². The van der Waals surface area contributed by atoms with E-state index in [0.29, 0.717) is 11.9 Å². The summed E-state index contributed by atoms with van der Waals surface area (Å²) in [5.74, 6) is 1.44. The fraction of sp³-hybridized carbons (Fsp3) is 0.471. The molecule has 0 spiro atoms. The van der Waals surface area contributed by atoms with Crippen LogP contribution in [0, 0.1) is 0 Å². The summed E-state index contributed by atoms with van der Waals surface area (Å²) in [7, 11) is 5.09. The van der Waals surface area contributed by atoms with Crippen LogP contribution in [0.5, 0.6) is 11.5 Å². The number of hydrogen-bond acceptors (Lipinski definition) is 5. The summed E-state index contributed by atoms with van der Waals surface area (Å²) < 4.78 is 16.2. The number of fused-ring (bicyclic) bond motifs is 1. The van der Waals surface area contributed by atoms with Crippen molar-refractivity contribution in [3.05, 3.63) is 24.4 Å². The van der Waals surface area contributed by atoms with Crippen LogP contribution in [-0.2, 0) is 4.74 Å². The third kappa shape index (κ3) is 2.68. The van der Waals surface area contributed by atoms with Crippen LogP contribution >= 0.6 is 0 Å². The summed E-state index contributed by atoms with van der Waals surface area (Å²) in [5, 5.41) is 1.09. The lowest BCUT2D eigenvalue weighted by molar-refractivity contribution is 0.0819. The Morgan fingerprint density at radius 2 is 1.73 bits per heavy atom. The van der Waals surface area contributed by atoms with Crippen molar-refractivity contribution < 1.29 is 14.2 Å². The van der Waals surface area contributed by atoms with E-state index in [9.17, 15) is 0 Å². The quantitative estimate of drug-likeness (QED) is 0.869. The summed E-state index contributed by atoms with van der Waals surface area (Å²) in [6.07, 6.45) is 4.33. The number of anilines is 1. The Morgan fingerprint density at radius 1 is 1.05 bits per heavy atom. The molecule has 0 aliphatic carbocycles. The number of pyridine rings is 1. The van der Waals surface area contributed by atoms with Gasteiger partial charge < -0.3 is 19.1 Å². The summed E-state index contributed by atoms with van der Waals surface area (Å²) in [4.78, 5) is 6.86. The lowest BCUT2D eigenvalue weighted by Crippen LogP contribution is -2.36. The molecule has 0 unspecified atom stereocenters. The van der Waals surface area contributed by atoms with Gasteiger partial charge in [-0.05, 0) is 25.0 Å². The van der Waals surface area contributed by atoms with E-state index in [2.05, 4.69) is 16.0 Å². The molecule has 5 nitrogen and oxygen atoms in total. The molecule has 2 heterocycles. The lowest BCUT2D eigenvalue weighted by Gasteiger charge is -2.33. The second-order valence-corrected chi connectivity index (χ2v) is 5.48. The van der Waals surface area contributed by atoms with Crippen molar-refractivity contribution in [1.29, 1.82) is 0 Å². The van der Waals surface area contributed by atoms with Crippen LogP contribution in [0.3, 0.4) is 0 Å². The Labute approximate surface area is 130 Å². The van der Waals surface area contributed by atoms with Crippen LogP contribution in [0.4, 0.5) is 5.69 Å². The molecule has 0 saturated carbocycles. The van der Waals surface area contributed by atoms with Gasteiger partial charge in [0.2, 0.25) is 0 Å². The van der Waals surface area contributed by atoms with Crippen LogP contribution in [-0.4, -0.2) is 45.5 Å². The zero-order chi connectivity index (χ0) is 15.5. The molecule has 5 heteroatoms. The molecule has 1 aliphatic heterocycles. The molecule has 1 aliphatic rings. The second kappa shape index (κ2) is 6.40. The van der Waals surface area contributed by atoms with Gasteiger partial charge in [-0.15, -0.1) is 0 Å². The van der Waals surface area contributed by atoms with Crippen LogP contribution in [0.15, 0.2) is 24.4 Å². The Bertz CT molecular complexity index is 652. The van der Waals surface area contributed by atoms with Gasteiger partial charge in [-0.2, -0.15) is 0 Å². The number of nitrogens with zero attached hydrogens (tertiary/aromatic N) is 2. The molecular formula is C17H22N2O3. The van der Waals surface area contributed by atoms with E-state index in [1.54, 1.807) is 21.3 Å². The van der Waals surface area contributed by atoms with E-state index in [-0.39, 0.29) is 0 Å².